The number of hydrogen-bond acceptors (Lipinski definition) is 3. The van der Waals surface area contributed by atoms with Crippen LogP contribution in [0.4, 0.5) is 5.69 Å². The molecule has 1 aromatic rings. The van der Waals surface area contributed by atoms with Crippen LogP contribution in [0.5, 0.6) is 5.75 Å². The Kier molecular flexibility index (Phi) is 4.72. The van der Waals surface area contributed by atoms with Gasteiger partial charge in [-0.15, -0.1) is 0 Å². The van der Waals surface area contributed by atoms with Crippen LogP contribution in [-0.4, -0.2) is 32.8 Å². The molecule has 18 heavy (non-hydrogen) atoms. The molecule has 1 aromatic carbocycles. The molecule has 1 aliphatic carbocycles. The van der Waals surface area contributed by atoms with Gasteiger partial charge in [-0.05, 0) is 38.0 Å². The second kappa shape index (κ2) is 6.30. The quantitative estimate of drug-likeness (QED) is 0.823. The Morgan fingerprint density at radius 3 is 2.83 bits per heavy atom. The molecule has 0 atom stereocenters. The predicted molar refractivity (Wildman–Crippen MR) is 76.9 cm³/mol. The maximum Gasteiger partial charge on any atom is 0.138 e. The molecule has 0 bridgehead atoms. The van der Waals surface area contributed by atoms with Crippen molar-refractivity contribution in [2.24, 2.45) is 0 Å². The van der Waals surface area contributed by atoms with E-state index in [0.717, 1.165) is 30.6 Å². The van der Waals surface area contributed by atoms with Crippen LogP contribution < -0.4 is 15.0 Å². The SMILES string of the molecule is CCOc1ccc(N(C)CCNC2CC2)cc1Cl. The summed E-state index contributed by atoms with van der Waals surface area (Å²) in [6.45, 7) is 4.60. The molecule has 0 saturated heterocycles. The maximum absolute atomic E-state index is 6.18. The molecular formula is C14H21ClN2O. The number of likely N-dealkylation sites (N-methyl/N-ethyl adjacent to an activating group) is 1. The molecule has 0 radical (unpaired) electrons. The molecule has 0 unspecified atom stereocenters. The van der Waals surface area contributed by atoms with Gasteiger partial charge in [0, 0.05) is 31.9 Å². The van der Waals surface area contributed by atoms with E-state index in [9.17, 15) is 0 Å². The second-order valence-electron chi connectivity index (χ2n) is 4.70. The van der Waals surface area contributed by atoms with Gasteiger partial charge in [-0.2, -0.15) is 0 Å². The second-order valence-corrected chi connectivity index (χ2v) is 5.10. The van der Waals surface area contributed by atoms with E-state index in [0.29, 0.717) is 11.6 Å². The summed E-state index contributed by atoms with van der Waals surface area (Å²) in [5, 5.41) is 4.18. The van der Waals surface area contributed by atoms with Crippen LogP contribution in [0.1, 0.15) is 19.8 Å². The number of benzene rings is 1. The van der Waals surface area contributed by atoms with Crippen molar-refractivity contribution in [3.63, 3.8) is 0 Å². The lowest BCUT2D eigenvalue weighted by Gasteiger charge is -2.20. The van der Waals surface area contributed by atoms with Crippen LogP contribution in [0.3, 0.4) is 0 Å². The third-order valence-electron chi connectivity index (χ3n) is 3.11. The molecule has 0 amide bonds. The van der Waals surface area contributed by atoms with Crippen LogP contribution in [0, 0.1) is 0 Å². The molecule has 100 valence electrons. The van der Waals surface area contributed by atoms with Crippen molar-refractivity contribution in [3.05, 3.63) is 23.2 Å². The van der Waals surface area contributed by atoms with Gasteiger partial charge in [0.05, 0.1) is 11.6 Å². The van der Waals surface area contributed by atoms with Crippen molar-refractivity contribution in [2.75, 3.05) is 31.6 Å². The van der Waals surface area contributed by atoms with E-state index in [1.54, 1.807) is 0 Å². The van der Waals surface area contributed by atoms with Gasteiger partial charge in [-0.3, -0.25) is 0 Å². The van der Waals surface area contributed by atoms with Gasteiger partial charge in [-0.1, -0.05) is 11.6 Å². The van der Waals surface area contributed by atoms with E-state index >= 15 is 0 Å². The largest absolute Gasteiger partial charge is 0.492 e. The molecule has 3 nitrogen and oxygen atoms in total. The highest BCUT2D eigenvalue weighted by Gasteiger charge is 2.19. The van der Waals surface area contributed by atoms with E-state index in [-0.39, 0.29) is 0 Å². The summed E-state index contributed by atoms with van der Waals surface area (Å²) in [5.74, 6) is 0.757. The predicted octanol–water partition coefficient (Wildman–Crippen LogP) is 2.93. The zero-order chi connectivity index (χ0) is 13.0. The number of ether oxygens (including phenoxy) is 1. The zero-order valence-electron chi connectivity index (χ0n) is 11.1. The Labute approximate surface area is 114 Å². The lowest BCUT2D eigenvalue weighted by atomic mass is 10.2. The summed E-state index contributed by atoms with van der Waals surface area (Å²) in [6.07, 6.45) is 2.66. The van der Waals surface area contributed by atoms with Crippen LogP contribution >= 0.6 is 11.6 Å². The van der Waals surface area contributed by atoms with Crippen LogP contribution in [-0.2, 0) is 0 Å². The lowest BCUT2D eigenvalue weighted by Crippen LogP contribution is -2.30. The highest BCUT2D eigenvalue weighted by molar-refractivity contribution is 6.32. The monoisotopic (exact) mass is 268 g/mol. The molecule has 0 spiro atoms. The Bertz CT molecular complexity index is 393. The summed E-state index contributed by atoms with van der Waals surface area (Å²) in [5.41, 5.74) is 1.13. The van der Waals surface area contributed by atoms with E-state index in [1.165, 1.54) is 12.8 Å². The van der Waals surface area contributed by atoms with E-state index in [1.807, 2.05) is 25.1 Å². The molecular weight excluding hydrogens is 248 g/mol. The molecule has 0 aliphatic heterocycles. The lowest BCUT2D eigenvalue weighted by molar-refractivity contribution is 0.340. The van der Waals surface area contributed by atoms with Gasteiger partial charge >= 0.3 is 0 Å². The fourth-order valence-electron chi connectivity index (χ4n) is 1.85. The Morgan fingerprint density at radius 1 is 1.44 bits per heavy atom. The van der Waals surface area contributed by atoms with Gasteiger partial charge in [-0.25, -0.2) is 0 Å². The number of nitrogens with zero attached hydrogens (tertiary/aromatic N) is 1. The van der Waals surface area contributed by atoms with Crippen LogP contribution in [0.2, 0.25) is 5.02 Å². The summed E-state index contributed by atoms with van der Waals surface area (Å²) in [6, 6.07) is 6.71. The van der Waals surface area contributed by atoms with Gasteiger partial charge in [0.1, 0.15) is 5.75 Å². The molecule has 1 aliphatic rings. The zero-order valence-corrected chi connectivity index (χ0v) is 11.8. The molecule has 1 saturated carbocycles. The van der Waals surface area contributed by atoms with Gasteiger partial charge < -0.3 is 15.0 Å². The number of nitrogens with one attached hydrogen (secondary N) is 1. The van der Waals surface area contributed by atoms with Crippen molar-refractivity contribution in [1.29, 1.82) is 0 Å². The maximum atomic E-state index is 6.18. The summed E-state index contributed by atoms with van der Waals surface area (Å²) < 4.78 is 5.43. The summed E-state index contributed by atoms with van der Waals surface area (Å²) in [7, 11) is 2.08. The topological polar surface area (TPSA) is 24.5 Å². The highest BCUT2D eigenvalue weighted by Crippen LogP contribution is 2.29. The smallest absolute Gasteiger partial charge is 0.138 e. The Balaban J connectivity index is 1.87. The third kappa shape index (κ3) is 3.79. The third-order valence-corrected chi connectivity index (χ3v) is 3.41. The van der Waals surface area contributed by atoms with Gasteiger partial charge in [0.2, 0.25) is 0 Å². The number of rotatable bonds is 7. The van der Waals surface area contributed by atoms with Crippen LogP contribution in [0.25, 0.3) is 0 Å². The van der Waals surface area contributed by atoms with Crippen molar-refractivity contribution < 1.29 is 4.74 Å². The average Bonchev–Trinajstić information content (AvgIpc) is 3.16. The first-order chi connectivity index (χ1) is 8.70. The van der Waals surface area contributed by atoms with E-state index in [4.69, 9.17) is 16.3 Å². The minimum atomic E-state index is 0.639. The molecule has 2 rings (SSSR count). The summed E-state index contributed by atoms with van der Waals surface area (Å²) >= 11 is 6.18. The molecule has 0 aromatic heterocycles. The number of anilines is 1. The summed E-state index contributed by atoms with van der Waals surface area (Å²) in [4.78, 5) is 2.21. The van der Waals surface area contributed by atoms with Crippen molar-refractivity contribution >= 4 is 17.3 Å². The normalized spacial score (nSPS) is 14.6. The molecule has 1 fully saturated rings. The molecule has 4 heteroatoms. The van der Waals surface area contributed by atoms with Crippen molar-refractivity contribution in [1.82, 2.24) is 5.32 Å². The molecule has 0 heterocycles. The Hall–Kier alpha value is -0.930. The average molecular weight is 269 g/mol. The minimum absolute atomic E-state index is 0.639. The van der Waals surface area contributed by atoms with Crippen molar-refractivity contribution in [2.45, 2.75) is 25.8 Å². The first-order valence-electron chi connectivity index (χ1n) is 6.57. The minimum Gasteiger partial charge on any atom is -0.492 e. The first kappa shape index (κ1) is 13.5. The first-order valence-corrected chi connectivity index (χ1v) is 6.95. The Morgan fingerprint density at radius 2 is 2.22 bits per heavy atom. The van der Waals surface area contributed by atoms with Gasteiger partial charge in [0.15, 0.2) is 0 Å². The van der Waals surface area contributed by atoms with E-state index in [2.05, 4.69) is 17.3 Å². The van der Waals surface area contributed by atoms with Crippen LogP contribution in [0.15, 0.2) is 18.2 Å². The fraction of sp³-hybridized carbons (Fsp3) is 0.571. The van der Waals surface area contributed by atoms with Gasteiger partial charge in [0.25, 0.3) is 0 Å². The number of hydrogen-bond donors (Lipinski definition) is 1. The fourth-order valence-corrected chi connectivity index (χ4v) is 2.08. The number of halogens is 1. The highest BCUT2D eigenvalue weighted by atomic mass is 35.5. The van der Waals surface area contributed by atoms with Crippen molar-refractivity contribution in [3.8, 4) is 5.75 Å². The van der Waals surface area contributed by atoms with E-state index < -0.39 is 0 Å². The standard InChI is InChI=1S/C14H21ClN2O/c1-3-18-14-7-6-12(10-13(14)15)17(2)9-8-16-11-4-5-11/h6-7,10-11,16H,3-5,8-9H2,1-2H3. The molecule has 1 N–H and O–H groups in total.